The van der Waals surface area contributed by atoms with Crippen molar-refractivity contribution in [1.82, 2.24) is 9.55 Å². The van der Waals surface area contributed by atoms with Gasteiger partial charge in [-0.25, -0.2) is 9.59 Å². The van der Waals surface area contributed by atoms with Crippen LogP contribution in [-0.4, -0.2) is 46.4 Å². The Morgan fingerprint density at radius 2 is 1.57 bits per heavy atom. The molecule has 1 aliphatic rings. The van der Waals surface area contributed by atoms with Gasteiger partial charge in [-0.3, -0.25) is 14.3 Å². The number of esters is 1. The zero-order chi connectivity index (χ0) is 31.1. The predicted molar refractivity (Wildman–Crippen MR) is 169 cm³/mol. The summed E-state index contributed by atoms with van der Waals surface area (Å²) in [5.41, 5.74) is 5.35. The van der Waals surface area contributed by atoms with Crippen LogP contribution in [0.5, 0.6) is 11.5 Å². The van der Waals surface area contributed by atoms with Gasteiger partial charge in [-0.2, -0.15) is 0 Å². The number of aromatic amines is 1. The van der Waals surface area contributed by atoms with Gasteiger partial charge in [0, 0.05) is 30.2 Å². The molecule has 1 heterocycles. The van der Waals surface area contributed by atoms with Crippen LogP contribution in [0, 0.1) is 4.64 Å². The predicted octanol–water partition coefficient (Wildman–Crippen LogP) is 5.80. The molecule has 44 heavy (non-hydrogen) atoms. The molecule has 0 radical (unpaired) electrons. The molecule has 0 fully saturated rings. The maximum absolute atomic E-state index is 13.2. The maximum atomic E-state index is 13.2. The lowest BCUT2D eigenvalue weighted by atomic mass is 9.83. The van der Waals surface area contributed by atoms with Crippen molar-refractivity contribution in [1.29, 1.82) is 0 Å². The smallest absolute Gasteiger partial charge is 0.344 e. The van der Waals surface area contributed by atoms with Gasteiger partial charge in [-0.05, 0) is 53.3 Å². The summed E-state index contributed by atoms with van der Waals surface area (Å²) in [6, 6.07) is 21.4. The van der Waals surface area contributed by atoms with Crippen molar-refractivity contribution < 1.29 is 28.9 Å². The summed E-state index contributed by atoms with van der Waals surface area (Å²) in [7, 11) is 0. The number of rotatable bonds is 12. The van der Waals surface area contributed by atoms with Crippen LogP contribution in [0.15, 0.2) is 77.7 Å². The lowest BCUT2D eigenvalue weighted by Gasteiger charge is -2.22. The minimum Gasteiger partial charge on any atom is -0.493 e. The van der Waals surface area contributed by atoms with E-state index in [0.29, 0.717) is 28.1 Å². The summed E-state index contributed by atoms with van der Waals surface area (Å²) in [5.74, 6) is -0.885. The molecule has 0 saturated carbocycles. The van der Waals surface area contributed by atoms with Crippen LogP contribution in [0.25, 0.3) is 12.2 Å². The van der Waals surface area contributed by atoms with Crippen molar-refractivity contribution >= 4 is 36.3 Å². The summed E-state index contributed by atoms with van der Waals surface area (Å²) in [5, 5.41) is 8.95. The highest BCUT2D eigenvalue weighted by Gasteiger charge is 2.25. The largest absolute Gasteiger partial charge is 0.493 e. The van der Waals surface area contributed by atoms with Gasteiger partial charge >= 0.3 is 17.6 Å². The number of H-pyrrole nitrogens is 1. The number of hydrogen-bond acceptors (Lipinski definition) is 7. The number of hydrogen-bond donors (Lipinski definition) is 2. The summed E-state index contributed by atoms with van der Waals surface area (Å²) < 4.78 is 18.4. The van der Waals surface area contributed by atoms with Crippen molar-refractivity contribution in [2.75, 3.05) is 19.8 Å². The number of nitrogens with one attached hydrogen (secondary N) is 1. The van der Waals surface area contributed by atoms with E-state index in [1.165, 1.54) is 0 Å². The quantitative estimate of drug-likeness (QED) is 0.103. The van der Waals surface area contributed by atoms with Gasteiger partial charge in [-0.1, -0.05) is 72.9 Å². The maximum Gasteiger partial charge on any atom is 0.344 e. The van der Waals surface area contributed by atoms with Gasteiger partial charge in [0.15, 0.2) is 6.61 Å². The fourth-order valence-electron chi connectivity index (χ4n) is 5.23. The normalized spacial score (nSPS) is 12.1. The molecule has 0 bridgehead atoms. The number of carboxylic acid groups (broad SMARTS) is 1. The van der Waals surface area contributed by atoms with Gasteiger partial charge in [0.05, 0.1) is 19.8 Å². The molecular formula is C34H32N2O7S. The van der Waals surface area contributed by atoms with E-state index in [4.69, 9.17) is 31.5 Å². The average molecular weight is 613 g/mol. The zero-order valence-corrected chi connectivity index (χ0v) is 25.0. The highest BCUT2D eigenvalue weighted by atomic mass is 32.1. The number of nitrogens with zero attached hydrogens (tertiary/aromatic N) is 1. The molecule has 2 N–H and O–H groups in total. The molecular weight excluding hydrogens is 580 g/mol. The van der Waals surface area contributed by atoms with Crippen LogP contribution in [0.3, 0.4) is 0 Å². The Kier molecular flexibility index (Phi) is 9.71. The van der Waals surface area contributed by atoms with E-state index in [1.54, 1.807) is 35.9 Å². The molecule has 226 valence electrons. The first-order valence-corrected chi connectivity index (χ1v) is 14.7. The standard InChI is InChI=1S/C34H32N2O7S/c1-2-41-31(39)21-43-26-17-22(16-25(18-26)42-15-7-12-30(37)38)19-36-20-29(33(44)35-34(36)40)32-27-10-5-3-8-23(27)13-14-24-9-4-6-11-28(24)32/h3-6,8-11,13-14,16-18,20,32H,2,7,12,15,19,21H2,1H3,(H,37,38)(H,35,40,44). The van der Waals surface area contributed by atoms with E-state index in [0.717, 1.165) is 27.8 Å². The fourth-order valence-corrected chi connectivity index (χ4v) is 5.48. The van der Waals surface area contributed by atoms with Crippen LogP contribution in [0.1, 0.15) is 59.1 Å². The number of aromatic nitrogens is 2. The van der Waals surface area contributed by atoms with Crippen molar-refractivity contribution in [2.24, 2.45) is 0 Å². The van der Waals surface area contributed by atoms with E-state index in [9.17, 15) is 14.4 Å². The number of carbonyl (C=O) groups excluding carboxylic acids is 1. The summed E-state index contributed by atoms with van der Waals surface area (Å²) in [6.07, 6.45) is 6.27. The van der Waals surface area contributed by atoms with E-state index in [2.05, 4.69) is 41.4 Å². The first-order chi connectivity index (χ1) is 21.3. The topological polar surface area (TPSA) is 120 Å². The van der Waals surface area contributed by atoms with Gasteiger partial charge in [-0.15, -0.1) is 0 Å². The molecule has 10 heteroatoms. The highest BCUT2D eigenvalue weighted by Crippen LogP contribution is 2.39. The molecule has 5 rings (SSSR count). The van der Waals surface area contributed by atoms with Gasteiger partial charge in [0.1, 0.15) is 16.1 Å². The Labute approximate surface area is 259 Å². The minimum absolute atomic E-state index is 0.0315. The Bertz CT molecular complexity index is 1780. The third-order valence-electron chi connectivity index (χ3n) is 7.16. The third-order valence-corrected chi connectivity index (χ3v) is 7.50. The molecule has 4 aromatic rings. The Morgan fingerprint density at radius 1 is 0.932 bits per heavy atom. The molecule has 3 aromatic carbocycles. The molecule has 0 aliphatic heterocycles. The third kappa shape index (κ3) is 7.33. The van der Waals surface area contributed by atoms with Crippen molar-refractivity contribution in [3.8, 4) is 11.5 Å². The molecule has 0 saturated heterocycles. The van der Waals surface area contributed by atoms with Gasteiger partial charge in [0.25, 0.3) is 0 Å². The number of carbonyl (C=O) groups is 2. The van der Waals surface area contributed by atoms with Crippen LogP contribution in [-0.2, 0) is 20.9 Å². The molecule has 0 atom stereocenters. The average Bonchev–Trinajstić information content (AvgIpc) is 3.17. The van der Waals surface area contributed by atoms with E-state index in [1.807, 2.05) is 24.3 Å². The Balaban J connectivity index is 1.51. The summed E-state index contributed by atoms with van der Waals surface area (Å²) in [6.45, 7) is 1.96. The second-order valence-electron chi connectivity index (χ2n) is 10.2. The van der Waals surface area contributed by atoms with E-state index < -0.39 is 11.9 Å². The van der Waals surface area contributed by atoms with Crippen LogP contribution in [0.4, 0.5) is 0 Å². The first kappa shape index (κ1) is 30.5. The van der Waals surface area contributed by atoms with Crippen molar-refractivity contribution in [2.45, 2.75) is 32.2 Å². The lowest BCUT2D eigenvalue weighted by molar-refractivity contribution is -0.145. The Hall–Kier alpha value is -4.96. The van der Waals surface area contributed by atoms with Gasteiger partial charge < -0.3 is 19.3 Å². The zero-order valence-electron chi connectivity index (χ0n) is 24.2. The molecule has 1 aromatic heterocycles. The molecule has 0 amide bonds. The first-order valence-electron chi connectivity index (χ1n) is 14.3. The number of ether oxygens (including phenoxy) is 3. The minimum atomic E-state index is -0.910. The van der Waals surface area contributed by atoms with E-state index >= 15 is 0 Å². The lowest BCUT2D eigenvalue weighted by Crippen LogP contribution is -2.25. The Morgan fingerprint density at radius 3 is 2.20 bits per heavy atom. The summed E-state index contributed by atoms with van der Waals surface area (Å²) >= 11 is 5.73. The van der Waals surface area contributed by atoms with Crippen molar-refractivity contribution in [3.05, 3.63) is 121 Å². The summed E-state index contributed by atoms with van der Waals surface area (Å²) in [4.78, 5) is 38.9. The number of aliphatic carboxylic acids is 1. The molecule has 0 spiro atoms. The number of carboxylic acids is 1. The van der Waals surface area contributed by atoms with Crippen molar-refractivity contribution in [3.63, 3.8) is 0 Å². The molecule has 9 nitrogen and oxygen atoms in total. The van der Waals surface area contributed by atoms with Gasteiger partial charge in [0.2, 0.25) is 0 Å². The van der Waals surface area contributed by atoms with Crippen LogP contribution in [0.2, 0.25) is 0 Å². The van der Waals surface area contributed by atoms with Crippen LogP contribution >= 0.6 is 12.2 Å². The molecule has 0 unspecified atom stereocenters. The van der Waals surface area contributed by atoms with E-state index in [-0.39, 0.29) is 44.4 Å². The second kappa shape index (κ2) is 14.0. The SMILES string of the molecule is CCOC(=O)COc1cc(Cn2cc(C3c4ccccc4C=Cc4ccccc43)c(=S)[nH]c2=O)cc(OCCCC(=O)O)c1. The number of benzene rings is 3. The second-order valence-corrected chi connectivity index (χ2v) is 10.7. The number of fused-ring (bicyclic) bond motifs is 2. The monoisotopic (exact) mass is 612 g/mol. The highest BCUT2D eigenvalue weighted by molar-refractivity contribution is 7.71. The van der Waals surface area contributed by atoms with Crippen LogP contribution < -0.4 is 15.2 Å². The fraction of sp³-hybridized carbons (Fsp3) is 0.235. The molecule has 1 aliphatic carbocycles.